The van der Waals surface area contributed by atoms with E-state index < -0.39 is 6.09 Å². The van der Waals surface area contributed by atoms with E-state index in [2.05, 4.69) is 34.9 Å². The topological polar surface area (TPSA) is 67.4 Å². The molecule has 0 unspecified atom stereocenters. The Labute approximate surface area is 188 Å². The summed E-state index contributed by atoms with van der Waals surface area (Å²) in [6, 6.07) is 24.1. The highest BCUT2D eigenvalue weighted by molar-refractivity contribution is 5.91. The predicted octanol–water partition coefficient (Wildman–Crippen LogP) is 5.59. The van der Waals surface area contributed by atoms with Crippen molar-refractivity contribution in [3.8, 4) is 11.1 Å². The summed E-state index contributed by atoms with van der Waals surface area (Å²) < 4.78 is 5.55. The average Bonchev–Trinajstić information content (AvgIpc) is 3.12. The first kappa shape index (κ1) is 21.4. The Kier molecular flexibility index (Phi) is 6.66. The monoisotopic (exact) mass is 426 g/mol. The van der Waals surface area contributed by atoms with Gasteiger partial charge in [0.2, 0.25) is 5.91 Å². The molecule has 0 heterocycles. The maximum atomic E-state index is 12.2. The van der Waals surface area contributed by atoms with E-state index in [1.807, 2.05) is 60.7 Å². The van der Waals surface area contributed by atoms with Crippen LogP contribution in [0.5, 0.6) is 0 Å². The van der Waals surface area contributed by atoms with Crippen molar-refractivity contribution < 1.29 is 14.3 Å². The molecule has 0 atom stereocenters. The van der Waals surface area contributed by atoms with Crippen molar-refractivity contribution in [2.45, 2.75) is 19.3 Å². The van der Waals surface area contributed by atoms with E-state index in [9.17, 15) is 9.59 Å². The van der Waals surface area contributed by atoms with Gasteiger partial charge in [0.1, 0.15) is 6.61 Å². The zero-order valence-corrected chi connectivity index (χ0v) is 18.0. The molecule has 5 nitrogen and oxygen atoms in total. The van der Waals surface area contributed by atoms with Gasteiger partial charge in [-0.1, -0.05) is 78.9 Å². The number of benzene rings is 3. The van der Waals surface area contributed by atoms with Crippen molar-refractivity contribution in [2.75, 3.05) is 18.5 Å². The third-order valence-corrected chi connectivity index (χ3v) is 5.49. The Morgan fingerprint density at radius 1 is 0.906 bits per heavy atom. The van der Waals surface area contributed by atoms with Gasteiger partial charge in [0.25, 0.3) is 0 Å². The van der Waals surface area contributed by atoms with Gasteiger partial charge < -0.3 is 15.4 Å². The van der Waals surface area contributed by atoms with Crippen LogP contribution in [-0.4, -0.2) is 25.2 Å². The first-order valence-corrected chi connectivity index (χ1v) is 10.8. The van der Waals surface area contributed by atoms with E-state index in [1.165, 1.54) is 29.2 Å². The minimum Gasteiger partial charge on any atom is -0.449 e. The minimum absolute atomic E-state index is 0.0540. The minimum atomic E-state index is -0.418. The largest absolute Gasteiger partial charge is 0.449 e. The summed E-state index contributed by atoms with van der Waals surface area (Å²) in [5.41, 5.74) is 6.50. The number of fused-ring (bicyclic) bond motifs is 3. The first-order chi connectivity index (χ1) is 15.6. The van der Waals surface area contributed by atoms with Crippen LogP contribution in [0.1, 0.15) is 36.0 Å². The summed E-state index contributed by atoms with van der Waals surface area (Å²) >= 11 is 0. The van der Waals surface area contributed by atoms with Crippen molar-refractivity contribution in [1.82, 2.24) is 5.32 Å². The molecular weight excluding hydrogens is 400 g/mol. The Balaban J connectivity index is 1.27. The van der Waals surface area contributed by atoms with E-state index in [4.69, 9.17) is 4.74 Å². The first-order valence-electron chi connectivity index (χ1n) is 10.8. The molecule has 2 N–H and O–H groups in total. The third kappa shape index (κ3) is 4.89. The molecule has 1 aliphatic rings. The standard InChI is InChI=1S/C27H26N2O3/c1-19(30)29-26-16-7-2-10-20(26)11-8-9-17-28-27(31)32-18-25-23-14-5-3-12-21(23)22-13-4-6-15-24(22)25/h2-8,10-16,25H,9,17-18H2,1H3,(H,28,31)(H,29,30). The summed E-state index contributed by atoms with van der Waals surface area (Å²) in [6.45, 7) is 2.26. The molecule has 0 bridgehead atoms. The summed E-state index contributed by atoms with van der Waals surface area (Å²) in [7, 11) is 0. The quantitative estimate of drug-likeness (QED) is 0.484. The van der Waals surface area contributed by atoms with E-state index in [0.717, 1.165) is 11.3 Å². The van der Waals surface area contributed by atoms with Gasteiger partial charge in [-0.05, 0) is 40.3 Å². The zero-order valence-electron chi connectivity index (χ0n) is 18.0. The number of amides is 2. The molecule has 4 rings (SSSR count). The lowest BCUT2D eigenvalue weighted by molar-refractivity contribution is -0.114. The molecule has 162 valence electrons. The predicted molar refractivity (Wildman–Crippen MR) is 127 cm³/mol. The Bertz CT molecular complexity index is 1110. The summed E-state index contributed by atoms with van der Waals surface area (Å²) in [6.07, 6.45) is 4.13. The van der Waals surface area contributed by atoms with Crippen LogP contribution < -0.4 is 10.6 Å². The molecule has 3 aromatic carbocycles. The van der Waals surface area contributed by atoms with E-state index >= 15 is 0 Å². The molecule has 32 heavy (non-hydrogen) atoms. The van der Waals surface area contributed by atoms with Crippen LogP contribution in [0.25, 0.3) is 17.2 Å². The fourth-order valence-electron chi connectivity index (χ4n) is 4.06. The number of alkyl carbamates (subject to hydrolysis) is 1. The molecule has 0 fully saturated rings. The van der Waals surface area contributed by atoms with Gasteiger partial charge in [-0.3, -0.25) is 4.79 Å². The van der Waals surface area contributed by atoms with Crippen LogP contribution in [0.2, 0.25) is 0 Å². The van der Waals surface area contributed by atoms with Crippen LogP contribution in [0, 0.1) is 0 Å². The zero-order chi connectivity index (χ0) is 22.3. The fourth-order valence-corrected chi connectivity index (χ4v) is 4.06. The molecule has 0 aliphatic heterocycles. The van der Waals surface area contributed by atoms with Gasteiger partial charge in [-0.2, -0.15) is 0 Å². The van der Waals surface area contributed by atoms with Crippen LogP contribution in [0.4, 0.5) is 10.5 Å². The van der Waals surface area contributed by atoms with Gasteiger partial charge in [0.05, 0.1) is 0 Å². The molecule has 0 saturated heterocycles. The summed E-state index contributed by atoms with van der Waals surface area (Å²) in [4.78, 5) is 23.5. The average molecular weight is 427 g/mol. The smallest absolute Gasteiger partial charge is 0.407 e. The number of hydrogen-bond donors (Lipinski definition) is 2. The number of carbonyl (C=O) groups is 2. The number of hydrogen-bond acceptors (Lipinski definition) is 3. The van der Waals surface area contributed by atoms with Crippen molar-refractivity contribution >= 4 is 23.8 Å². The summed E-state index contributed by atoms with van der Waals surface area (Å²) in [5, 5.41) is 5.62. The maximum absolute atomic E-state index is 12.2. The van der Waals surface area contributed by atoms with Crippen molar-refractivity contribution in [1.29, 1.82) is 0 Å². The van der Waals surface area contributed by atoms with Gasteiger partial charge in [-0.15, -0.1) is 0 Å². The Hall–Kier alpha value is -3.86. The van der Waals surface area contributed by atoms with Crippen LogP contribution in [-0.2, 0) is 9.53 Å². The maximum Gasteiger partial charge on any atom is 0.407 e. The fraction of sp³-hybridized carbons (Fsp3) is 0.185. The lowest BCUT2D eigenvalue weighted by atomic mass is 9.98. The highest BCUT2D eigenvalue weighted by atomic mass is 16.5. The third-order valence-electron chi connectivity index (χ3n) is 5.49. The highest BCUT2D eigenvalue weighted by Crippen LogP contribution is 2.44. The van der Waals surface area contributed by atoms with Gasteiger partial charge in [0, 0.05) is 25.1 Å². The van der Waals surface area contributed by atoms with Crippen LogP contribution in [0.15, 0.2) is 78.9 Å². The molecule has 0 spiro atoms. The lowest BCUT2D eigenvalue weighted by Gasteiger charge is -2.14. The Morgan fingerprint density at radius 2 is 1.53 bits per heavy atom. The second kappa shape index (κ2) is 9.96. The van der Waals surface area contributed by atoms with Gasteiger partial charge in [0.15, 0.2) is 0 Å². The van der Waals surface area contributed by atoms with Gasteiger partial charge >= 0.3 is 6.09 Å². The van der Waals surface area contributed by atoms with Crippen molar-refractivity contribution in [3.05, 3.63) is 95.6 Å². The molecule has 3 aromatic rings. The second-order valence-corrected chi connectivity index (χ2v) is 7.71. The number of ether oxygens (including phenoxy) is 1. The molecule has 1 aliphatic carbocycles. The molecule has 5 heteroatoms. The number of para-hydroxylation sites is 1. The SMILES string of the molecule is CC(=O)Nc1ccccc1C=CCCNC(=O)OCC1c2ccccc2-c2ccccc21. The lowest BCUT2D eigenvalue weighted by Crippen LogP contribution is -2.26. The molecular formula is C27H26N2O3. The highest BCUT2D eigenvalue weighted by Gasteiger charge is 2.28. The second-order valence-electron chi connectivity index (χ2n) is 7.71. The molecule has 0 saturated carbocycles. The van der Waals surface area contributed by atoms with E-state index in [-0.39, 0.29) is 11.8 Å². The number of carbonyl (C=O) groups excluding carboxylic acids is 2. The number of nitrogens with one attached hydrogen (secondary N) is 2. The van der Waals surface area contributed by atoms with E-state index in [0.29, 0.717) is 19.6 Å². The van der Waals surface area contributed by atoms with Gasteiger partial charge in [-0.25, -0.2) is 4.79 Å². The molecule has 0 aromatic heterocycles. The van der Waals surface area contributed by atoms with Crippen molar-refractivity contribution in [2.24, 2.45) is 0 Å². The van der Waals surface area contributed by atoms with Crippen molar-refractivity contribution in [3.63, 3.8) is 0 Å². The number of anilines is 1. The van der Waals surface area contributed by atoms with E-state index in [1.54, 1.807) is 0 Å². The van der Waals surface area contributed by atoms with Crippen LogP contribution in [0.3, 0.4) is 0 Å². The Morgan fingerprint density at radius 3 is 2.22 bits per heavy atom. The van der Waals surface area contributed by atoms with Crippen LogP contribution >= 0.6 is 0 Å². The molecule has 0 radical (unpaired) electrons. The normalized spacial score (nSPS) is 12.3. The number of rotatable bonds is 7. The summed E-state index contributed by atoms with van der Waals surface area (Å²) in [5.74, 6) is -0.0545. The molecule has 2 amide bonds.